The molecule has 0 amide bonds. The van der Waals surface area contributed by atoms with Gasteiger partial charge in [-0.1, -0.05) is 0 Å². The van der Waals surface area contributed by atoms with E-state index >= 15 is 0 Å². The topological polar surface area (TPSA) is 80.0 Å². The molecule has 0 radical (unpaired) electrons. The van der Waals surface area contributed by atoms with Crippen LogP contribution in [0.5, 0.6) is 0 Å². The Balaban J connectivity index is 1.69. The molecule has 1 aromatic rings. The molecule has 2 atom stereocenters. The van der Waals surface area contributed by atoms with E-state index in [0.29, 0.717) is 17.9 Å². The Bertz CT molecular complexity index is 477. The van der Waals surface area contributed by atoms with Crippen LogP contribution in [0.2, 0.25) is 0 Å². The van der Waals surface area contributed by atoms with Crippen molar-refractivity contribution in [3.05, 3.63) is 0 Å². The van der Waals surface area contributed by atoms with Crippen molar-refractivity contribution in [2.75, 3.05) is 35.3 Å². The zero-order chi connectivity index (χ0) is 14.7. The van der Waals surface area contributed by atoms with Crippen LogP contribution in [0.15, 0.2) is 0 Å². The summed E-state index contributed by atoms with van der Waals surface area (Å²) in [4.78, 5) is 15.3. The Labute approximate surface area is 130 Å². The highest BCUT2D eigenvalue weighted by Gasteiger charge is 2.25. The van der Waals surface area contributed by atoms with E-state index in [0.717, 1.165) is 24.3 Å². The number of nitrogen functional groups attached to an aromatic ring is 1. The fourth-order valence-corrected chi connectivity index (χ4v) is 3.94. The number of rotatable bonds is 4. The van der Waals surface area contributed by atoms with Crippen LogP contribution in [0.25, 0.3) is 0 Å². The third kappa shape index (κ3) is 3.70. The SMILES string of the molecule is CSC1CCC(Nc2nc(N)nc(N3CCCCC3)n2)C1. The quantitative estimate of drug-likeness (QED) is 0.882. The molecular formula is C14H24N6S. The molecule has 0 aromatic carbocycles. The highest BCUT2D eigenvalue weighted by Crippen LogP contribution is 2.30. The van der Waals surface area contributed by atoms with Crippen LogP contribution in [-0.2, 0) is 0 Å². The molecule has 6 nitrogen and oxygen atoms in total. The molecule has 3 rings (SSSR count). The Morgan fingerprint density at radius 1 is 1.14 bits per heavy atom. The van der Waals surface area contributed by atoms with Crippen molar-refractivity contribution >= 4 is 29.6 Å². The molecule has 0 bridgehead atoms. The minimum Gasteiger partial charge on any atom is -0.368 e. The van der Waals surface area contributed by atoms with E-state index in [9.17, 15) is 0 Å². The number of hydrogen-bond donors (Lipinski definition) is 2. The lowest BCUT2D eigenvalue weighted by atomic mass is 10.1. The molecule has 1 aliphatic heterocycles. The van der Waals surface area contributed by atoms with Crippen molar-refractivity contribution in [3.63, 3.8) is 0 Å². The van der Waals surface area contributed by atoms with Gasteiger partial charge in [0.2, 0.25) is 17.8 Å². The number of nitrogens with zero attached hydrogens (tertiary/aromatic N) is 4. The van der Waals surface area contributed by atoms with E-state index in [-0.39, 0.29) is 0 Å². The Morgan fingerprint density at radius 2 is 1.95 bits per heavy atom. The summed E-state index contributed by atoms with van der Waals surface area (Å²) < 4.78 is 0. The molecule has 2 aliphatic rings. The average molecular weight is 308 g/mol. The number of nitrogens with one attached hydrogen (secondary N) is 1. The molecule has 2 unspecified atom stereocenters. The molecular weight excluding hydrogens is 284 g/mol. The molecule has 1 aliphatic carbocycles. The van der Waals surface area contributed by atoms with Crippen LogP contribution in [0.4, 0.5) is 17.8 Å². The second-order valence-electron chi connectivity index (χ2n) is 5.88. The molecule has 1 saturated heterocycles. The highest BCUT2D eigenvalue weighted by atomic mass is 32.2. The van der Waals surface area contributed by atoms with Crippen molar-refractivity contribution in [2.45, 2.75) is 49.8 Å². The van der Waals surface area contributed by atoms with E-state index < -0.39 is 0 Å². The van der Waals surface area contributed by atoms with Gasteiger partial charge < -0.3 is 16.0 Å². The molecule has 3 N–H and O–H groups in total. The summed E-state index contributed by atoms with van der Waals surface area (Å²) >= 11 is 1.95. The summed E-state index contributed by atoms with van der Waals surface area (Å²) in [6.07, 6.45) is 9.49. The van der Waals surface area contributed by atoms with Gasteiger partial charge in [0.15, 0.2) is 0 Å². The van der Waals surface area contributed by atoms with Crippen LogP contribution in [0, 0.1) is 0 Å². The van der Waals surface area contributed by atoms with Crippen molar-refractivity contribution in [3.8, 4) is 0 Å². The van der Waals surface area contributed by atoms with Gasteiger partial charge in [-0.25, -0.2) is 0 Å². The van der Waals surface area contributed by atoms with Gasteiger partial charge in [0, 0.05) is 24.4 Å². The Kier molecular flexibility index (Phi) is 4.67. The predicted octanol–water partition coefficient (Wildman–Crippen LogP) is 2.14. The van der Waals surface area contributed by atoms with Crippen molar-refractivity contribution in [1.29, 1.82) is 0 Å². The average Bonchev–Trinajstić information content (AvgIpc) is 2.95. The lowest BCUT2D eigenvalue weighted by Crippen LogP contribution is -2.32. The number of thioether (sulfide) groups is 1. The van der Waals surface area contributed by atoms with Crippen LogP contribution >= 0.6 is 11.8 Å². The first-order valence-electron chi connectivity index (χ1n) is 7.80. The molecule has 1 aromatic heterocycles. The van der Waals surface area contributed by atoms with Gasteiger partial charge in [-0.2, -0.15) is 26.7 Å². The van der Waals surface area contributed by atoms with Gasteiger partial charge in [-0.3, -0.25) is 0 Å². The normalized spacial score (nSPS) is 26.0. The van der Waals surface area contributed by atoms with E-state index in [1.807, 2.05) is 11.8 Å². The maximum absolute atomic E-state index is 5.86. The standard InChI is InChI=1S/C14H24N6S/c1-21-11-6-5-10(9-11)16-13-17-12(15)18-14(19-13)20-7-3-2-4-8-20/h10-11H,2-9H2,1H3,(H3,15,16,17,18,19). The van der Waals surface area contributed by atoms with Crippen molar-refractivity contribution in [1.82, 2.24) is 15.0 Å². The summed E-state index contributed by atoms with van der Waals surface area (Å²) in [6.45, 7) is 2.03. The Morgan fingerprint density at radius 3 is 2.67 bits per heavy atom. The van der Waals surface area contributed by atoms with Gasteiger partial charge in [0.1, 0.15) is 0 Å². The zero-order valence-electron chi connectivity index (χ0n) is 12.6. The van der Waals surface area contributed by atoms with Crippen molar-refractivity contribution in [2.24, 2.45) is 0 Å². The summed E-state index contributed by atoms with van der Waals surface area (Å²) in [6, 6.07) is 0.457. The lowest BCUT2D eigenvalue weighted by molar-refractivity contribution is 0.567. The molecule has 1 saturated carbocycles. The first kappa shape index (κ1) is 14.7. The highest BCUT2D eigenvalue weighted by molar-refractivity contribution is 7.99. The largest absolute Gasteiger partial charge is 0.368 e. The third-order valence-electron chi connectivity index (χ3n) is 4.33. The molecule has 21 heavy (non-hydrogen) atoms. The molecule has 7 heteroatoms. The second kappa shape index (κ2) is 6.68. The third-order valence-corrected chi connectivity index (χ3v) is 5.43. The predicted molar refractivity (Wildman–Crippen MR) is 88.9 cm³/mol. The molecule has 2 fully saturated rings. The van der Waals surface area contributed by atoms with E-state index in [2.05, 4.69) is 31.4 Å². The first-order valence-corrected chi connectivity index (χ1v) is 9.09. The van der Waals surface area contributed by atoms with Gasteiger partial charge >= 0.3 is 0 Å². The maximum atomic E-state index is 5.86. The van der Waals surface area contributed by atoms with Gasteiger partial charge in [-0.05, 0) is 44.8 Å². The second-order valence-corrected chi connectivity index (χ2v) is 7.02. The monoisotopic (exact) mass is 308 g/mol. The smallest absolute Gasteiger partial charge is 0.231 e. The molecule has 0 spiro atoms. The van der Waals surface area contributed by atoms with Crippen LogP contribution in [0.3, 0.4) is 0 Å². The fourth-order valence-electron chi connectivity index (χ4n) is 3.15. The van der Waals surface area contributed by atoms with Crippen molar-refractivity contribution < 1.29 is 0 Å². The molecule has 2 heterocycles. The van der Waals surface area contributed by atoms with E-state index in [4.69, 9.17) is 5.73 Å². The summed E-state index contributed by atoms with van der Waals surface area (Å²) in [7, 11) is 0. The molecule has 116 valence electrons. The number of piperidine rings is 1. The maximum Gasteiger partial charge on any atom is 0.231 e. The Hall–Kier alpha value is -1.24. The number of nitrogens with two attached hydrogens (primary N) is 1. The van der Waals surface area contributed by atoms with E-state index in [1.54, 1.807) is 0 Å². The number of aromatic nitrogens is 3. The van der Waals surface area contributed by atoms with Crippen LogP contribution in [-0.4, -0.2) is 45.6 Å². The first-order chi connectivity index (χ1) is 10.2. The summed E-state index contributed by atoms with van der Waals surface area (Å²) in [5, 5.41) is 4.20. The van der Waals surface area contributed by atoms with Crippen LogP contribution < -0.4 is 16.0 Å². The summed E-state index contributed by atoms with van der Waals surface area (Å²) in [5.74, 6) is 1.67. The lowest BCUT2D eigenvalue weighted by Gasteiger charge is -2.27. The minimum absolute atomic E-state index is 0.312. The fraction of sp³-hybridized carbons (Fsp3) is 0.786. The number of hydrogen-bond acceptors (Lipinski definition) is 7. The van der Waals surface area contributed by atoms with Gasteiger partial charge in [0.05, 0.1) is 0 Å². The van der Waals surface area contributed by atoms with Crippen LogP contribution in [0.1, 0.15) is 38.5 Å². The summed E-state index contributed by atoms with van der Waals surface area (Å²) in [5.41, 5.74) is 5.86. The van der Waals surface area contributed by atoms with Gasteiger partial charge in [-0.15, -0.1) is 0 Å². The van der Waals surface area contributed by atoms with E-state index in [1.165, 1.54) is 38.5 Å². The minimum atomic E-state index is 0.312. The zero-order valence-corrected chi connectivity index (χ0v) is 13.4. The number of anilines is 3. The van der Waals surface area contributed by atoms with Gasteiger partial charge in [0.25, 0.3) is 0 Å².